The van der Waals surface area contributed by atoms with Gasteiger partial charge < -0.3 is 24.4 Å². The summed E-state index contributed by atoms with van der Waals surface area (Å²) in [6.45, 7) is 26.2. The third-order valence-electron chi connectivity index (χ3n) is 13.1. The van der Waals surface area contributed by atoms with Gasteiger partial charge in [0.1, 0.15) is 27.8 Å². The maximum atomic E-state index is 14.1. The Morgan fingerprint density at radius 1 is 0.641 bits per heavy atom. The molecule has 1 aliphatic rings. The van der Waals surface area contributed by atoms with E-state index in [1.807, 2.05) is 168 Å². The fourth-order valence-electron chi connectivity index (χ4n) is 9.48. The number of rotatable bonds is 17. The molecule has 78 heavy (non-hydrogen) atoms. The zero-order valence-electron chi connectivity index (χ0n) is 48.4. The highest BCUT2D eigenvalue weighted by Crippen LogP contribution is 2.39. The number of allylic oxidation sites excluding steroid dienone is 3. The van der Waals surface area contributed by atoms with E-state index in [0.717, 1.165) is 129 Å². The minimum atomic E-state index is -0.686. The smallest absolute Gasteiger partial charge is 0.414 e. The SMILES string of the molecule is CC1=CC(=Nc2ccc(N(CCCCCCCCN(C)c3cc4c(cc3C)nc3cc(C)c(NC(=O)OC(C)(C)C)cc3[n+]4-c3ccccc3)C(=O)OC(C)(C)C)c(C)c2Nc2ccccc2)CC=C1NC(=O)OC(C)(C)C. The second kappa shape index (κ2) is 24.7. The first-order valence-corrected chi connectivity index (χ1v) is 27.3. The summed E-state index contributed by atoms with van der Waals surface area (Å²) in [6.07, 6.45) is 8.99. The quantitative estimate of drug-likeness (QED) is 0.0351. The van der Waals surface area contributed by atoms with Crippen LogP contribution >= 0.6 is 0 Å². The van der Waals surface area contributed by atoms with Gasteiger partial charge in [0.25, 0.3) is 0 Å². The summed E-state index contributed by atoms with van der Waals surface area (Å²) >= 11 is 0. The molecule has 0 aliphatic heterocycles. The van der Waals surface area contributed by atoms with Crippen LogP contribution in [0.1, 0.15) is 131 Å². The maximum absolute atomic E-state index is 14.1. The van der Waals surface area contributed by atoms with Crippen LogP contribution in [0.15, 0.2) is 125 Å². The number of unbranched alkanes of at least 4 members (excludes halogenated alkanes) is 5. The lowest BCUT2D eigenvalue weighted by molar-refractivity contribution is -0.538. The third kappa shape index (κ3) is 15.7. The number of fused-ring (bicyclic) bond motifs is 2. The van der Waals surface area contributed by atoms with Gasteiger partial charge in [-0.1, -0.05) is 68.2 Å². The van der Waals surface area contributed by atoms with Gasteiger partial charge in [-0.2, -0.15) is 0 Å². The molecule has 1 aliphatic carbocycles. The minimum Gasteiger partial charge on any atom is -0.444 e. The highest BCUT2D eigenvalue weighted by atomic mass is 16.6. The molecule has 3 amide bonds. The van der Waals surface area contributed by atoms with E-state index in [1.54, 1.807) is 4.90 Å². The molecule has 5 aromatic carbocycles. The number of nitrogens with zero attached hydrogens (tertiary/aromatic N) is 5. The molecule has 0 saturated heterocycles. The monoisotopic (exact) mass is 1060 g/mol. The fourth-order valence-corrected chi connectivity index (χ4v) is 9.48. The lowest BCUT2D eigenvalue weighted by atomic mass is 10.0. The number of carbonyl (C=O) groups excluding carboxylic acids is 3. The van der Waals surface area contributed by atoms with E-state index in [-0.39, 0.29) is 0 Å². The van der Waals surface area contributed by atoms with E-state index in [1.165, 1.54) is 0 Å². The number of aliphatic imine (C=N–C) groups is 1. The van der Waals surface area contributed by atoms with Gasteiger partial charge in [-0.15, -0.1) is 4.57 Å². The minimum absolute atomic E-state index is 0.392. The molecule has 0 bridgehead atoms. The van der Waals surface area contributed by atoms with Crippen LogP contribution in [0.3, 0.4) is 0 Å². The summed E-state index contributed by atoms with van der Waals surface area (Å²) < 4.78 is 19.4. The van der Waals surface area contributed by atoms with Crippen molar-refractivity contribution in [3.8, 4) is 5.69 Å². The number of ether oxygens (including phenoxy) is 3. The lowest BCUT2D eigenvalue weighted by Crippen LogP contribution is -2.38. The van der Waals surface area contributed by atoms with Crippen molar-refractivity contribution in [1.29, 1.82) is 0 Å². The maximum Gasteiger partial charge on any atom is 0.414 e. The van der Waals surface area contributed by atoms with E-state index in [9.17, 15) is 14.4 Å². The number of amides is 3. The van der Waals surface area contributed by atoms with Crippen LogP contribution < -0.4 is 30.3 Å². The number of aromatic nitrogens is 2. The highest BCUT2D eigenvalue weighted by Gasteiger charge is 2.28. The predicted molar refractivity (Wildman–Crippen MR) is 318 cm³/mol. The van der Waals surface area contributed by atoms with Crippen LogP contribution in [-0.2, 0) is 14.2 Å². The van der Waals surface area contributed by atoms with Crippen molar-refractivity contribution in [2.45, 2.75) is 152 Å². The number of aryl methyl sites for hydroxylation is 2. The van der Waals surface area contributed by atoms with Crippen LogP contribution in [0, 0.1) is 20.8 Å². The van der Waals surface area contributed by atoms with Crippen molar-refractivity contribution < 1.29 is 33.2 Å². The number of anilines is 5. The Labute approximate surface area is 462 Å². The van der Waals surface area contributed by atoms with Crippen molar-refractivity contribution in [3.63, 3.8) is 0 Å². The number of carbonyl (C=O) groups is 3. The predicted octanol–water partition coefficient (Wildman–Crippen LogP) is 15.7. The fraction of sp³-hybridized carbons (Fsp3) is 0.406. The first-order chi connectivity index (χ1) is 36.8. The van der Waals surface area contributed by atoms with Crippen LogP contribution in [0.5, 0.6) is 0 Å². The standard InChI is InChI=1S/C64H80N8O6/c1-42-37-47(31-32-49(42)68-59(73)76-62(5,6)7)65-50-33-34-54(45(4)58(50)66-46-27-21-19-22-28-46)71(61(75)78-64(11,12)13)36-26-18-16-15-17-25-35-70(14)55-41-57-53(39-44(55)3)67-52-38-43(2)51(69-60(74)77-63(8,9)10)40-56(52)72(57)48-29-23-20-24-30-48/h19-24,27-30,32-34,37-41,66H,15-18,25-26,31,35-36H2,1-14H3,(H,68,73)/p+1. The van der Waals surface area contributed by atoms with Crippen LogP contribution in [0.2, 0.25) is 0 Å². The molecule has 0 spiro atoms. The largest absolute Gasteiger partial charge is 0.444 e. The number of benzene rings is 5. The molecule has 3 N–H and O–H groups in total. The van der Waals surface area contributed by atoms with E-state index in [4.69, 9.17) is 24.2 Å². The summed E-state index contributed by atoms with van der Waals surface area (Å²) in [5, 5.41) is 9.47. The Morgan fingerprint density at radius 3 is 1.82 bits per heavy atom. The Balaban J connectivity index is 1.03. The molecule has 0 radical (unpaired) electrons. The molecular weight excluding hydrogens is 977 g/mol. The average molecular weight is 1060 g/mol. The van der Waals surface area contributed by atoms with Gasteiger partial charge in [-0.3, -0.25) is 20.5 Å². The Kier molecular flexibility index (Phi) is 18.4. The summed E-state index contributed by atoms with van der Waals surface area (Å²) in [6, 6.07) is 32.6. The molecule has 412 valence electrons. The van der Waals surface area contributed by atoms with Crippen molar-refractivity contribution >= 4 is 80.2 Å². The summed E-state index contributed by atoms with van der Waals surface area (Å²) in [5.41, 5.74) is 12.9. The second-order valence-corrected chi connectivity index (χ2v) is 23.3. The van der Waals surface area contributed by atoms with Gasteiger partial charge in [-0.05, 0) is 168 Å². The molecule has 7 rings (SSSR count). The number of alkyl carbamates (subject to hydrolysis) is 1. The zero-order chi connectivity index (χ0) is 56.5. The van der Waals surface area contributed by atoms with Crippen LogP contribution in [0.25, 0.3) is 27.8 Å². The molecule has 1 aromatic heterocycles. The molecule has 0 atom stereocenters. The van der Waals surface area contributed by atoms with Gasteiger partial charge in [0.2, 0.25) is 16.7 Å². The summed E-state index contributed by atoms with van der Waals surface area (Å²) in [7, 11) is 2.16. The number of nitrogens with one attached hydrogen (secondary N) is 3. The molecule has 1 heterocycles. The second-order valence-electron chi connectivity index (χ2n) is 23.3. The van der Waals surface area contributed by atoms with Crippen LogP contribution in [0.4, 0.5) is 48.5 Å². The van der Waals surface area contributed by atoms with E-state index >= 15 is 0 Å². The molecular formula is C64H81N8O6+. The first kappa shape index (κ1) is 58.0. The van der Waals surface area contributed by atoms with Crippen LogP contribution in [-0.4, -0.2) is 65.9 Å². The van der Waals surface area contributed by atoms with Gasteiger partial charge in [-0.25, -0.2) is 19.4 Å². The van der Waals surface area contributed by atoms with Crippen molar-refractivity contribution in [2.75, 3.05) is 40.6 Å². The summed E-state index contributed by atoms with van der Waals surface area (Å²) in [5.74, 6) is 0. The Bertz CT molecular complexity index is 3240. The normalized spacial score (nSPS) is 13.4. The lowest BCUT2D eigenvalue weighted by Gasteiger charge is -2.29. The number of para-hydroxylation sites is 2. The zero-order valence-corrected chi connectivity index (χ0v) is 48.4. The molecule has 0 fully saturated rings. The number of hydrogen-bond donors (Lipinski definition) is 3. The molecule has 0 unspecified atom stereocenters. The van der Waals surface area contributed by atoms with Crippen molar-refractivity contribution in [1.82, 2.24) is 10.3 Å². The Hall–Kier alpha value is -7.74. The highest BCUT2D eigenvalue weighted by molar-refractivity contribution is 6.02. The summed E-state index contributed by atoms with van der Waals surface area (Å²) in [4.78, 5) is 54.0. The first-order valence-electron chi connectivity index (χ1n) is 27.3. The van der Waals surface area contributed by atoms with E-state index in [2.05, 4.69) is 63.7 Å². The molecule has 0 saturated carbocycles. The molecule has 14 heteroatoms. The van der Waals surface area contributed by atoms with Crippen molar-refractivity contribution in [2.24, 2.45) is 4.99 Å². The Morgan fingerprint density at radius 2 is 1.21 bits per heavy atom. The van der Waals surface area contributed by atoms with E-state index < -0.39 is 35.1 Å². The molecule has 14 nitrogen and oxygen atoms in total. The third-order valence-corrected chi connectivity index (χ3v) is 13.1. The van der Waals surface area contributed by atoms with Gasteiger partial charge in [0, 0.05) is 73.6 Å². The van der Waals surface area contributed by atoms with Crippen molar-refractivity contribution in [3.05, 3.63) is 137 Å². The molecule has 6 aromatic rings. The topological polar surface area (TPSA) is 151 Å². The van der Waals surface area contributed by atoms with Gasteiger partial charge in [0.15, 0.2) is 0 Å². The average Bonchev–Trinajstić information content (AvgIpc) is 3.56. The van der Waals surface area contributed by atoms with E-state index in [0.29, 0.717) is 24.4 Å². The van der Waals surface area contributed by atoms with Gasteiger partial charge >= 0.3 is 18.3 Å². The number of hydrogen-bond acceptors (Lipinski definition) is 10. The van der Waals surface area contributed by atoms with Gasteiger partial charge in [0.05, 0.1) is 22.7 Å².